The number of halogens is 7. The summed E-state index contributed by atoms with van der Waals surface area (Å²) < 4.78 is 43.3. The van der Waals surface area contributed by atoms with Gasteiger partial charge in [0.1, 0.15) is 6.04 Å². The van der Waals surface area contributed by atoms with E-state index >= 15 is 0 Å². The first kappa shape index (κ1) is 24.6. The van der Waals surface area contributed by atoms with Gasteiger partial charge in [-0.05, 0) is 69.3 Å². The van der Waals surface area contributed by atoms with E-state index in [2.05, 4.69) is 47.4 Å². The number of benzene rings is 1. The summed E-state index contributed by atoms with van der Waals surface area (Å²) in [5, 5.41) is 11.7. The lowest BCUT2D eigenvalue weighted by Gasteiger charge is -2.15. The molecule has 33 heavy (non-hydrogen) atoms. The first-order chi connectivity index (χ1) is 15.5. The third-order valence-electron chi connectivity index (χ3n) is 5.17. The molecular weight excluding hydrogens is 614 g/mol. The van der Waals surface area contributed by atoms with Crippen molar-refractivity contribution in [1.82, 2.24) is 19.6 Å². The number of hydrogen-bond donors (Lipinski definition) is 1. The zero-order chi connectivity index (χ0) is 24.1. The van der Waals surface area contributed by atoms with Gasteiger partial charge in [-0.3, -0.25) is 14.2 Å². The molecule has 13 heteroatoms. The molecule has 3 aromatic rings. The monoisotopic (exact) mass is 627 g/mol. The van der Waals surface area contributed by atoms with Gasteiger partial charge in [-0.1, -0.05) is 29.3 Å². The van der Waals surface area contributed by atoms with Gasteiger partial charge < -0.3 is 5.32 Å². The lowest BCUT2D eigenvalue weighted by Crippen LogP contribution is -2.26. The molecule has 0 bridgehead atoms. The van der Waals surface area contributed by atoms with Crippen LogP contribution in [0.4, 0.5) is 19.0 Å². The highest BCUT2D eigenvalue weighted by Crippen LogP contribution is 2.47. The molecule has 0 aliphatic heterocycles. The summed E-state index contributed by atoms with van der Waals surface area (Å²) in [6, 6.07) is 4.11. The Kier molecular flexibility index (Phi) is 6.88. The number of amides is 1. The summed E-state index contributed by atoms with van der Waals surface area (Å²) in [4.78, 5) is 12.9. The Morgan fingerprint density at radius 3 is 2.58 bits per heavy atom. The Bertz CT molecular complexity index is 1220. The second-order valence-electron chi connectivity index (χ2n) is 7.69. The Morgan fingerprint density at radius 2 is 1.97 bits per heavy atom. The van der Waals surface area contributed by atoms with Crippen molar-refractivity contribution in [2.45, 2.75) is 44.4 Å². The number of anilines is 1. The normalized spacial score (nSPS) is 15.0. The molecule has 0 radical (unpaired) electrons. The fraction of sp³-hybridized carbons (Fsp3) is 0.350. The molecule has 1 amide bonds. The van der Waals surface area contributed by atoms with E-state index in [1.165, 1.54) is 6.92 Å². The van der Waals surface area contributed by atoms with Crippen LogP contribution in [0.1, 0.15) is 48.7 Å². The quantitative estimate of drug-likeness (QED) is 0.318. The molecule has 1 aliphatic carbocycles. The smallest absolute Gasteiger partial charge is 0.306 e. The molecule has 1 aromatic carbocycles. The standard InChI is InChI=1S/C20H16Br2Cl2F3N5O/c1-9(32-16(10-2-3-10)15(22)17(29-32)20(25,26)27)19(33)28-18-13(21)8-31(30-18)7-11-4-5-12(23)6-14(11)24/h4-6,8-10H,2-3,7H2,1H3,(H,28,30,33). The summed E-state index contributed by atoms with van der Waals surface area (Å²) in [6.07, 6.45) is -1.47. The highest BCUT2D eigenvalue weighted by atomic mass is 79.9. The van der Waals surface area contributed by atoms with Crippen LogP contribution in [-0.2, 0) is 17.5 Å². The molecule has 4 rings (SSSR count). The predicted molar refractivity (Wildman–Crippen MR) is 126 cm³/mol. The zero-order valence-electron chi connectivity index (χ0n) is 16.9. The molecular formula is C20H16Br2Cl2F3N5O. The second kappa shape index (κ2) is 9.24. The highest BCUT2D eigenvalue weighted by Gasteiger charge is 2.43. The van der Waals surface area contributed by atoms with Crippen molar-refractivity contribution in [1.29, 1.82) is 0 Å². The molecule has 1 N–H and O–H groups in total. The van der Waals surface area contributed by atoms with Gasteiger partial charge >= 0.3 is 6.18 Å². The molecule has 1 unspecified atom stereocenters. The van der Waals surface area contributed by atoms with Gasteiger partial charge in [0.25, 0.3) is 0 Å². The van der Waals surface area contributed by atoms with Crippen LogP contribution < -0.4 is 5.32 Å². The van der Waals surface area contributed by atoms with E-state index in [1.807, 2.05) is 0 Å². The summed E-state index contributed by atoms with van der Waals surface area (Å²) >= 11 is 18.5. The second-order valence-corrected chi connectivity index (χ2v) is 10.2. The maximum atomic E-state index is 13.4. The maximum Gasteiger partial charge on any atom is 0.436 e. The molecule has 1 fully saturated rings. The zero-order valence-corrected chi connectivity index (χ0v) is 21.6. The number of carbonyl (C=O) groups is 1. The summed E-state index contributed by atoms with van der Waals surface area (Å²) in [6.45, 7) is 1.83. The minimum atomic E-state index is -4.63. The summed E-state index contributed by atoms with van der Waals surface area (Å²) in [5.41, 5.74) is 0.124. The summed E-state index contributed by atoms with van der Waals surface area (Å²) in [7, 11) is 0. The van der Waals surface area contributed by atoms with Gasteiger partial charge in [-0.15, -0.1) is 0 Å². The number of nitrogens with one attached hydrogen (secondary N) is 1. The minimum Gasteiger partial charge on any atom is -0.306 e. The van der Waals surface area contributed by atoms with Crippen LogP contribution in [-0.4, -0.2) is 25.5 Å². The van der Waals surface area contributed by atoms with E-state index in [0.717, 1.165) is 23.1 Å². The van der Waals surface area contributed by atoms with E-state index in [1.54, 1.807) is 29.1 Å². The minimum absolute atomic E-state index is 0.0618. The van der Waals surface area contributed by atoms with Crippen molar-refractivity contribution in [2.24, 2.45) is 0 Å². The van der Waals surface area contributed by atoms with Crippen molar-refractivity contribution in [3.63, 3.8) is 0 Å². The van der Waals surface area contributed by atoms with Gasteiger partial charge in [-0.25, -0.2) is 0 Å². The molecule has 6 nitrogen and oxygen atoms in total. The Hall–Kier alpha value is -1.56. The van der Waals surface area contributed by atoms with Crippen LogP contribution in [0.25, 0.3) is 0 Å². The predicted octanol–water partition coefficient (Wildman–Crippen LogP) is 7.06. The van der Waals surface area contributed by atoms with E-state index < -0.39 is 23.8 Å². The fourth-order valence-electron chi connectivity index (χ4n) is 3.35. The lowest BCUT2D eigenvalue weighted by molar-refractivity contribution is -0.142. The van der Waals surface area contributed by atoms with E-state index in [-0.39, 0.29) is 16.2 Å². The van der Waals surface area contributed by atoms with E-state index in [4.69, 9.17) is 23.2 Å². The van der Waals surface area contributed by atoms with Crippen molar-refractivity contribution < 1.29 is 18.0 Å². The Labute approximate surface area is 213 Å². The highest BCUT2D eigenvalue weighted by molar-refractivity contribution is 9.11. The van der Waals surface area contributed by atoms with Gasteiger partial charge in [-0.2, -0.15) is 23.4 Å². The largest absolute Gasteiger partial charge is 0.436 e. The fourth-order valence-corrected chi connectivity index (χ4v) is 5.04. The molecule has 0 spiro atoms. The van der Waals surface area contributed by atoms with Gasteiger partial charge in [0.15, 0.2) is 11.5 Å². The molecule has 1 atom stereocenters. The van der Waals surface area contributed by atoms with E-state index in [9.17, 15) is 18.0 Å². The number of alkyl halides is 3. The van der Waals surface area contributed by atoms with Crippen molar-refractivity contribution >= 4 is 66.8 Å². The van der Waals surface area contributed by atoms with Crippen molar-refractivity contribution in [3.05, 3.63) is 60.3 Å². The van der Waals surface area contributed by atoms with Gasteiger partial charge in [0, 0.05) is 22.2 Å². The third-order valence-corrected chi connectivity index (χ3v) is 7.12. The molecule has 1 aliphatic rings. The Balaban J connectivity index is 1.54. The first-order valence-corrected chi connectivity index (χ1v) is 12.1. The topological polar surface area (TPSA) is 64.7 Å². The van der Waals surface area contributed by atoms with Crippen LogP contribution in [0.2, 0.25) is 10.0 Å². The lowest BCUT2D eigenvalue weighted by atomic mass is 10.2. The molecule has 176 valence electrons. The third kappa shape index (κ3) is 5.26. The van der Waals surface area contributed by atoms with E-state index in [0.29, 0.717) is 26.8 Å². The number of hydrogen-bond acceptors (Lipinski definition) is 3. The van der Waals surface area contributed by atoms with Crippen LogP contribution in [0.15, 0.2) is 33.3 Å². The number of nitrogens with zero attached hydrogens (tertiary/aromatic N) is 4. The number of rotatable bonds is 6. The van der Waals surface area contributed by atoms with Crippen molar-refractivity contribution in [3.8, 4) is 0 Å². The first-order valence-electron chi connectivity index (χ1n) is 9.78. The van der Waals surface area contributed by atoms with Crippen LogP contribution >= 0.6 is 55.1 Å². The average Bonchev–Trinajstić information content (AvgIpc) is 3.41. The average molecular weight is 630 g/mol. The Morgan fingerprint density at radius 1 is 1.27 bits per heavy atom. The van der Waals surface area contributed by atoms with Crippen LogP contribution in [0, 0.1) is 0 Å². The van der Waals surface area contributed by atoms with Crippen LogP contribution in [0.5, 0.6) is 0 Å². The molecule has 2 aromatic heterocycles. The van der Waals surface area contributed by atoms with Gasteiger partial charge in [0.2, 0.25) is 5.91 Å². The van der Waals surface area contributed by atoms with Crippen molar-refractivity contribution in [2.75, 3.05) is 5.32 Å². The SMILES string of the molecule is CC(C(=O)Nc1nn(Cc2ccc(Cl)cc2Cl)cc1Br)n1nc(C(F)(F)F)c(Br)c1C1CC1. The summed E-state index contributed by atoms with van der Waals surface area (Å²) in [5.74, 6) is -0.378. The molecule has 2 heterocycles. The molecule has 1 saturated carbocycles. The molecule has 0 saturated heterocycles. The number of aromatic nitrogens is 4. The van der Waals surface area contributed by atoms with Crippen LogP contribution in [0.3, 0.4) is 0 Å². The van der Waals surface area contributed by atoms with Gasteiger partial charge in [0.05, 0.1) is 21.2 Å². The maximum absolute atomic E-state index is 13.4. The number of carbonyl (C=O) groups excluding carboxylic acids is 1.